The number of nitrogens with one attached hydrogen (secondary N) is 1. The molecule has 0 aliphatic heterocycles. The molecule has 5 heteroatoms. The van der Waals surface area contributed by atoms with E-state index in [1.165, 1.54) is 6.26 Å². The van der Waals surface area contributed by atoms with E-state index in [4.69, 9.17) is 0 Å². The van der Waals surface area contributed by atoms with Gasteiger partial charge in [-0.05, 0) is 31.6 Å². The Labute approximate surface area is 104 Å². The maximum absolute atomic E-state index is 11.6. The second-order valence-electron chi connectivity index (χ2n) is 5.57. The lowest BCUT2D eigenvalue weighted by atomic mass is 10.1. The zero-order chi connectivity index (χ0) is 12.5. The molecule has 0 aromatic carbocycles. The van der Waals surface area contributed by atoms with E-state index in [1.807, 2.05) is 0 Å². The summed E-state index contributed by atoms with van der Waals surface area (Å²) in [4.78, 5) is 0. The molecule has 2 saturated carbocycles. The Morgan fingerprint density at radius 3 is 2.47 bits per heavy atom. The largest absolute Gasteiger partial charge is 0.393 e. The first kappa shape index (κ1) is 13.3. The molecule has 0 heterocycles. The monoisotopic (exact) mass is 261 g/mol. The van der Waals surface area contributed by atoms with Crippen molar-refractivity contribution >= 4 is 9.84 Å². The van der Waals surface area contributed by atoms with Crippen molar-refractivity contribution < 1.29 is 13.5 Å². The molecule has 0 radical (unpaired) electrons. The average molecular weight is 261 g/mol. The maximum Gasteiger partial charge on any atom is 0.151 e. The van der Waals surface area contributed by atoms with Crippen LogP contribution in [0.3, 0.4) is 0 Å². The first-order valence-electron chi connectivity index (χ1n) is 6.59. The van der Waals surface area contributed by atoms with E-state index in [1.54, 1.807) is 0 Å². The predicted molar refractivity (Wildman–Crippen MR) is 67.6 cm³/mol. The maximum atomic E-state index is 11.6. The van der Waals surface area contributed by atoms with E-state index in [9.17, 15) is 13.5 Å². The van der Waals surface area contributed by atoms with Crippen molar-refractivity contribution in [2.45, 2.75) is 55.9 Å². The van der Waals surface area contributed by atoms with Crippen molar-refractivity contribution in [3.63, 3.8) is 0 Å². The summed E-state index contributed by atoms with van der Waals surface area (Å²) in [5.41, 5.74) is 0. The van der Waals surface area contributed by atoms with Crippen molar-refractivity contribution in [1.29, 1.82) is 0 Å². The first-order valence-corrected chi connectivity index (χ1v) is 8.54. The third-order valence-electron chi connectivity index (χ3n) is 4.26. The van der Waals surface area contributed by atoms with Crippen molar-refractivity contribution in [3.8, 4) is 0 Å². The molecule has 2 aliphatic rings. The molecule has 4 atom stereocenters. The minimum atomic E-state index is -2.94. The Hall–Kier alpha value is -0.130. The molecule has 0 spiro atoms. The van der Waals surface area contributed by atoms with Crippen LogP contribution >= 0.6 is 0 Å². The highest BCUT2D eigenvalue weighted by Crippen LogP contribution is 2.28. The first-order chi connectivity index (χ1) is 7.98. The predicted octanol–water partition coefficient (Wildman–Crippen LogP) is 0.703. The lowest BCUT2D eigenvalue weighted by Gasteiger charge is -2.23. The normalized spacial score (nSPS) is 38.7. The van der Waals surface area contributed by atoms with Crippen molar-refractivity contribution in [2.75, 3.05) is 12.8 Å². The second-order valence-corrected chi connectivity index (χ2v) is 7.84. The lowest BCUT2D eigenvalue weighted by Crippen LogP contribution is -2.43. The summed E-state index contributed by atoms with van der Waals surface area (Å²) >= 11 is 0. The van der Waals surface area contributed by atoms with Crippen LogP contribution in [-0.4, -0.2) is 43.7 Å². The zero-order valence-electron chi connectivity index (χ0n) is 10.4. The van der Waals surface area contributed by atoms with Gasteiger partial charge in [0, 0.05) is 18.8 Å². The molecule has 0 saturated heterocycles. The third-order valence-corrected chi connectivity index (χ3v) is 5.93. The van der Waals surface area contributed by atoms with Crippen molar-refractivity contribution in [2.24, 2.45) is 5.92 Å². The molecule has 0 bridgehead atoms. The van der Waals surface area contributed by atoms with E-state index in [-0.39, 0.29) is 17.4 Å². The molecular formula is C12H23NO3S. The molecule has 2 aliphatic carbocycles. The quantitative estimate of drug-likeness (QED) is 0.782. The summed E-state index contributed by atoms with van der Waals surface area (Å²) in [7, 11) is -2.94. The molecule has 17 heavy (non-hydrogen) atoms. The summed E-state index contributed by atoms with van der Waals surface area (Å²) in [6.07, 6.45) is 6.90. The van der Waals surface area contributed by atoms with Gasteiger partial charge in [-0.15, -0.1) is 0 Å². The highest BCUT2D eigenvalue weighted by atomic mass is 32.2. The molecule has 0 amide bonds. The van der Waals surface area contributed by atoms with E-state index in [0.717, 1.165) is 45.1 Å². The number of aliphatic hydroxyl groups excluding tert-OH is 1. The lowest BCUT2D eigenvalue weighted by molar-refractivity contribution is 0.130. The number of rotatable bonds is 4. The molecule has 2 rings (SSSR count). The van der Waals surface area contributed by atoms with Crippen LogP contribution < -0.4 is 5.32 Å². The molecule has 2 fully saturated rings. The Morgan fingerprint density at radius 2 is 1.88 bits per heavy atom. The highest BCUT2D eigenvalue weighted by molar-refractivity contribution is 7.91. The Balaban J connectivity index is 1.86. The molecule has 100 valence electrons. The van der Waals surface area contributed by atoms with Gasteiger partial charge < -0.3 is 10.4 Å². The number of sulfone groups is 1. The Kier molecular flexibility index (Phi) is 4.10. The van der Waals surface area contributed by atoms with Gasteiger partial charge in [0.1, 0.15) is 0 Å². The van der Waals surface area contributed by atoms with E-state index in [0.29, 0.717) is 5.92 Å². The SMILES string of the molecule is CS(=O)(=O)C1CCCC1NCC1CCCC1O. The topological polar surface area (TPSA) is 66.4 Å². The van der Waals surface area contributed by atoms with Crippen LogP contribution in [0, 0.1) is 5.92 Å². The molecule has 4 unspecified atom stereocenters. The Bertz CT molecular complexity index is 355. The number of aliphatic hydroxyl groups is 1. The Morgan fingerprint density at radius 1 is 1.18 bits per heavy atom. The standard InChI is InChI=1S/C12H23NO3S/c1-17(15,16)12-7-3-5-10(12)13-8-9-4-2-6-11(9)14/h9-14H,2-8H2,1H3. The van der Waals surface area contributed by atoms with E-state index >= 15 is 0 Å². The molecular weight excluding hydrogens is 238 g/mol. The van der Waals surface area contributed by atoms with E-state index < -0.39 is 9.84 Å². The van der Waals surface area contributed by atoms with Crippen LogP contribution in [0.25, 0.3) is 0 Å². The summed E-state index contributed by atoms with van der Waals surface area (Å²) < 4.78 is 23.2. The summed E-state index contributed by atoms with van der Waals surface area (Å²) in [6, 6.07) is 0.0952. The highest BCUT2D eigenvalue weighted by Gasteiger charge is 2.35. The van der Waals surface area contributed by atoms with Gasteiger partial charge in [0.25, 0.3) is 0 Å². The van der Waals surface area contributed by atoms with Gasteiger partial charge in [-0.2, -0.15) is 0 Å². The van der Waals surface area contributed by atoms with Crippen molar-refractivity contribution in [1.82, 2.24) is 5.32 Å². The van der Waals surface area contributed by atoms with Gasteiger partial charge >= 0.3 is 0 Å². The molecule has 2 N–H and O–H groups in total. The fraction of sp³-hybridized carbons (Fsp3) is 1.00. The van der Waals surface area contributed by atoms with Crippen molar-refractivity contribution in [3.05, 3.63) is 0 Å². The van der Waals surface area contributed by atoms with Crippen LogP contribution in [0.1, 0.15) is 38.5 Å². The molecule has 0 aromatic heterocycles. The number of hydrogen-bond acceptors (Lipinski definition) is 4. The summed E-state index contributed by atoms with van der Waals surface area (Å²) in [5.74, 6) is 0.316. The van der Waals surface area contributed by atoms with Crippen LogP contribution in [0.2, 0.25) is 0 Å². The van der Waals surface area contributed by atoms with Gasteiger partial charge in [0.15, 0.2) is 9.84 Å². The second kappa shape index (κ2) is 5.24. The van der Waals surface area contributed by atoms with Gasteiger partial charge in [0.05, 0.1) is 11.4 Å². The minimum Gasteiger partial charge on any atom is -0.393 e. The van der Waals surface area contributed by atoms with Gasteiger partial charge in [-0.3, -0.25) is 0 Å². The third kappa shape index (κ3) is 3.20. The van der Waals surface area contributed by atoms with E-state index in [2.05, 4.69) is 5.32 Å². The van der Waals surface area contributed by atoms with Crippen LogP contribution in [0.4, 0.5) is 0 Å². The molecule has 0 aromatic rings. The number of hydrogen-bond donors (Lipinski definition) is 2. The van der Waals surface area contributed by atoms with Gasteiger partial charge in [0.2, 0.25) is 0 Å². The molecule has 4 nitrogen and oxygen atoms in total. The summed E-state index contributed by atoms with van der Waals surface area (Å²) in [5, 5.41) is 12.9. The summed E-state index contributed by atoms with van der Waals surface area (Å²) in [6.45, 7) is 0.762. The fourth-order valence-corrected chi connectivity index (χ4v) is 4.65. The van der Waals surface area contributed by atoms with Gasteiger partial charge in [-0.25, -0.2) is 8.42 Å². The van der Waals surface area contributed by atoms with Crippen LogP contribution in [-0.2, 0) is 9.84 Å². The minimum absolute atomic E-state index is 0.0952. The van der Waals surface area contributed by atoms with Gasteiger partial charge in [-0.1, -0.05) is 12.8 Å². The van der Waals surface area contributed by atoms with Crippen LogP contribution in [0.15, 0.2) is 0 Å². The smallest absolute Gasteiger partial charge is 0.151 e. The average Bonchev–Trinajstić information content (AvgIpc) is 2.82. The van der Waals surface area contributed by atoms with Crippen LogP contribution in [0.5, 0.6) is 0 Å². The fourth-order valence-electron chi connectivity index (χ4n) is 3.23. The zero-order valence-corrected chi connectivity index (χ0v) is 11.2.